The second kappa shape index (κ2) is 7.36. The third-order valence-corrected chi connectivity index (χ3v) is 2.90. The fourth-order valence-corrected chi connectivity index (χ4v) is 1.96. The zero-order chi connectivity index (χ0) is 16.2. The third kappa shape index (κ3) is 4.67. The lowest BCUT2D eigenvalue weighted by Crippen LogP contribution is -2.33. The van der Waals surface area contributed by atoms with Crippen LogP contribution in [0.25, 0.3) is 0 Å². The molecule has 0 saturated carbocycles. The average molecular weight is 320 g/mol. The summed E-state index contributed by atoms with van der Waals surface area (Å²) in [4.78, 5) is 23.5. The minimum atomic E-state index is -1.27. The fraction of sp³-hybridized carbons (Fsp3) is 0.429. The van der Waals surface area contributed by atoms with Crippen LogP contribution in [0.2, 0.25) is 5.02 Å². The molecule has 1 N–H and O–H groups in total. The quantitative estimate of drug-likeness (QED) is 0.844. The van der Waals surface area contributed by atoms with Crippen LogP contribution in [-0.4, -0.2) is 25.0 Å². The summed E-state index contributed by atoms with van der Waals surface area (Å²) in [5, 5.41) is 2.03. The number of ketones is 1. The number of nitrogens with one attached hydrogen (secondary N) is 1. The van der Waals surface area contributed by atoms with Gasteiger partial charge in [-0.3, -0.25) is 4.79 Å². The van der Waals surface area contributed by atoms with Crippen LogP contribution in [0, 0.1) is 17.6 Å². The summed E-state index contributed by atoms with van der Waals surface area (Å²) in [6, 6.07) is 1.67. The van der Waals surface area contributed by atoms with Gasteiger partial charge in [-0.1, -0.05) is 25.4 Å². The van der Waals surface area contributed by atoms with E-state index in [2.05, 4.69) is 5.32 Å². The molecule has 0 aliphatic heterocycles. The summed E-state index contributed by atoms with van der Waals surface area (Å²) >= 11 is 5.51. The number of Topliss-reactive ketones (excluding diaryl/α,β-unsaturated/α-hetero) is 1. The van der Waals surface area contributed by atoms with Crippen LogP contribution in [0.4, 0.5) is 13.6 Å². The van der Waals surface area contributed by atoms with E-state index in [1.165, 1.54) is 7.05 Å². The molecular weight excluding hydrogens is 304 g/mol. The summed E-state index contributed by atoms with van der Waals surface area (Å²) in [6.07, 6.45) is -1.97. The number of carbonyl (C=O) groups excluding carboxylic acids is 2. The molecule has 0 radical (unpaired) electrons. The minimum absolute atomic E-state index is 0.0120. The van der Waals surface area contributed by atoms with Crippen molar-refractivity contribution in [1.29, 1.82) is 0 Å². The van der Waals surface area contributed by atoms with E-state index in [-0.39, 0.29) is 17.4 Å². The van der Waals surface area contributed by atoms with Gasteiger partial charge < -0.3 is 10.1 Å². The number of carbonyl (C=O) groups is 2. The Morgan fingerprint density at radius 3 is 2.24 bits per heavy atom. The van der Waals surface area contributed by atoms with Crippen LogP contribution in [-0.2, 0) is 4.74 Å². The largest absolute Gasteiger partial charge is 0.438 e. The van der Waals surface area contributed by atoms with Crippen molar-refractivity contribution >= 4 is 23.5 Å². The van der Waals surface area contributed by atoms with Gasteiger partial charge in [0.1, 0.15) is 11.6 Å². The van der Waals surface area contributed by atoms with Crippen LogP contribution < -0.4 is 5.32 Å². The molecule has 1 rings (SSSR count). The molecule has 1 amide bonds. The molecule has 0 heterocycles. The zero-order valence-electron chi connectivity index (χ0n) is 11.9. The van der Waals surface area contributed by atoms with E-state index in [4.69, 9.17) is 16.3 Å². The van der Waals surface area contributed by atoms with Crippen molar-refractivity contribution in [2.45, 2.75) is 26.4 Å². The molecule has 0 saturated heterocycles. The Hall–Kier alpha value is -1.69. The van der Waals surface area contributed by atoms with Crippen molar-refractivity contribution in [2.75, 3.05) is 7.05 Å². The highest BCUT2D eigenvalue weighted by molar-refractivity contribution is 6.30. The SMILES string of the molecule is CNC(=O)OC(CC(C)C)C(=O)c1c(F)cc(Cl)cc1F. The number of hydrogen-bond donors (Lipinski definition) is 1. The molecule has 0 aliphatic rings. The maximum absolute atomic E-state index is 13.8. The van der Waals surface area contributed by atoms with Gasteiger partial charge in [0.05, 0.1) is 5.56 Å². The molecule has 0 spiro atoms. The second-order valence-corrected chi connectivity index (χ2v) is 5.32. The summed E-state index contributed by atoms with van der Waals surface area (Å²) in [6.45, 7) is 3.59. The number of amides is 1. The average Bonchev–Trinajstić information content (AvgIpc) is 2.35. The predicted molar refractivity (Wildman–Crippen MR) is 74.5 cm³/mol. The molecule has 0 aromatic heterocycles. The normalized spacial score (nSPS) is 12.1. The maximum Gasteiger partial charge on any atom is 0.407 e. The molecule has 1 unspecified atom stereocenters. The summed E-state index contributed by atoms with van der Waals surface area (Å²) < 4.78 is 32.5. The molecule has 0 bridgehead atoms. The van der Waals surface area contributed by atoms with Crippen molar-refractivity contribution < 1.29 is 23.1 Å². The topological polar surface area (TPSA) is 55.4 Å². The Balaban J connectivity index is 3.13. The van der Waals surface area contributed by atoms with E-state index in [0.29, 0.717) is 0 Å². The van der Waals surface area contributed by atoms with Gasteiger partial charge in [0.25, 0.3) is 0 Å². The van der Waals surface area contributed by atoms with Crippen LogP contribution >= 0.6 is 11.6 Å². The molecule has 4 nitrogen and oxygen atoms in total. The Bertz CT molecular complexity index is 526. The zero-order valence-corrected chi connectivity index (χ0v) is 12.6. The summed E-state index contributed by atoms with van der Waals surface area (Å²) in [5.41, 5.74) is -0.756. The highest BCUT2D eigenvalue weighted by atomic mass is 35.5. The molecule has 7 heteroatoms. The van der Waals surface area contributed by atoms with Gasteiger partial charge in [-0.15, -0.1) is 0 Å². The molecule has 1 atom stereocenters. The van der Waals surface area contributed by atoms with Gasteiger partial charge in [-0.25, -0.2) is 13.6 Å². The van der Waals surface area contributed by atoms with Crippen molar-refractivity contribution in [3.8, 4) is 0 Å². The Labute approximate surface area is 126 Å². The molecule has 116 valence electrons. The number of rotatable bonds is 5. The molecule has 1 aromatic carbocycles. The molecule has 1 aromatic rings. The van der Waals surface area contributed by atoms with E-state index in [0.717, 1.165) is 12.1 Å². The molecular formula is C14H16ClF2NO3. The van der Waals surface area contributed by atoms with Crippen LogP contribution in [0.5, 0.6) is 0 Å². The predicted octanol–water partition coefficient (Wildman–Crippen LogP) is 3.57. The highest BCUT2D eigenvalue weighted by Crippen LogP contribution is 2.23. The molecule has 21 heavy (non-hydrogen) atoms. The fourth-order valence-electron chi connectivity index (χ4n) is 1.76. The maximum atomic E-state index is 13.8. The van der Waals surface area contributed by atoms with E-state index < -0.39 is 35.2 Å². The Morgan fingerprint density at radius 2 is 1.81 bits per heavy atom. The van der Waals surface area contributed by atoms with Gasteiger partial charge in [-0.05, 0) is 24.5 Å². The van der Waals surface area contributed by atoms with Crippen molar-refractivity contribution in [3.63, 3.8) is 0 Å². The first-order chi connectivity index (χ1) is 9.76. The number of hydrogen-bond acceptors (Lipinski definition) is 3. The van der Waals surface area contributed by atoms with Crippen LogP contribution in [0.3, 0.4) is 0 Å². The lowest BCUT2D eigenvalue weighted by molar-refractivity contribution is 0.0573. The Morgan fingerprint density at radius 1 is 1.29 bits per heavy atom. The summed E-state index contributed by atoms with van der Waals surface area (Å²) in [5.74, 6) is -3.11. The van der Waals surface area contributed by atoms with E-state index in [1.807, 2.05) is 0 Å². The van der Waals surface area contributed by atoms with Crippen molar-refractivity contribution in [3.05, 3.63) is 34.4 Å². The van der Waals surface area contributed by atoms with Crippen molar-refractivity contribution in [2.24, 2.45) is 5.92 Å². The Kier molecular flexibility index (Phi) is 6.08. The monoisotopic (exact) mass is 319 g/mol. The lowest BCUT2D eigenvalue weighted by Gasteiger charge is -2.19. The van der Waals surface area contributed by atoms with Crippen LogP contribution in [0.1, 0.15) is 30.6 Å². The third-order valence-electron chi connectivity index (χ3n) is 2.68. The first kappa shape index (κ1) is 17.4. The van der Waals surface area contributed by atoms with E-state index in [1.54, 1.807) is 13.8 Å². The van der Waals surface area contributed by atoms with Crippen molar-refractivity contribution in [1.82, 2.24) is 5.32 Å². The number of benzene rings is 1. The van der Waals surface area contributed by atoms with Crippen LogP contribution in [0.15, 0.2) is 12.1 Å². The number of halogens is 3. The number of ether oxygens (including phenoxy) is 1. The highest BCUT2D eigenvalue weighted by Gasteiger charge is 2.29. The smallest absolute Gasteiger partial charge is 0.407 e. The van der Waals surface area contributed by atoms with Gasteiger partial charge in [-0.2, -0.15) is 0 Å². The van der Waals surface area contributed by atoms with Gasteiger partial charge in [0.15, 0.2) is 6.10 Å². The standard InChI is InChI=1S/C14H16ClF2NO3/c1-7(2)4-11(21-14(20)18-3)13(19)12-9(16)5-8(15)6-10(12)17/h5-7,11H,4H2,1-3H3,(H,18,20). The lowest BCUT2D eigenvalue weighted by atomic mass is 9.97. The second-order valence-electron chi connectivity index (χ2n) is 4.88. The van der Waals surface area contributed by atoms with Gasteiger partial charge in [0.2, 0.25) is 5.78 Å². The van der Waals surface area contributed by atoms with Gasteiger partial charge >= 0.3 is 6.09 Å². The van der Waals surface area contributed by atoms with E-state index in [9.17, 15) is 18.4 Å². The number of alkyl carbamates (subject to hydrolysis) is 1. The molecule has 0 fully saturated rings. The van der Waals surface area contributed by atoms with Gasteiger partial charge in [0, 0.05) is 12.1 Å². The van der Waals surface area contributed by atoms with E-state index >= 15 is 0 Å². The first-order valence-corrected chi connectivity index (χ1v) is 6.71. The summed E-state index contributed by atoms with van der Waals surface area (Å²) in [7, 11) is 1.32. The first-order valence-electron chi connectivity index (χ1n) is 6.33. The molecule has 0 aliphatic carbocycles. The minimum Gasteiger partial charge on any atom is -0.438 e.